The first-order chi connectivity index (χ1) is 8.17. The van der Waals surface area contributed by atoms with Gasteiger partial charge in [0, 0.05) is 11.9 Å². The molecule has 0 bridgehead atoms. The molecule has 1 heterocycles. The highest BCUT2D eigenvalue weighted by Crippen LogP contribution is 2.12. The van der Waals surface area contributed by atoms with E-state index >= 15 is 0 Å². The van der Waals surface area contributed by atoms with Gasteiger partial charge < -0.3 is 9.73 Å². The van der Waals surface area contributed by atoms with Gasteiger partial charge in [-0.25, -0.2) is 0 Å². The standard InChI is InChI=1S/C13H20BrNO2/c1-3-4-11(5-6-14)8-15-13(16)12-7-10(2)17-9-12/h7,9,11H,3-6,8H2,1-2H3,(H,15,16). The van der Waals surface area contributed by atoms with Gasteiger partial charge in [0.2, 0.25) is 0 Å². The van der Waals surface area contributed by atoms with Crippen LogP contribution in [0.15, 0.2) is 16.7 Å². The van der Waals surface area contributed by atoms with Crippen LogP contribution in [0.2, 0.25) is 0 Å². The number of alkyl halides is 1. The SMILES string of the molecule is CCCC(CCBr)CNC(=O)c1coc(C)c1. The Hall–Kier alpha value is -0.770. The van der Waals surface area contributed by atoms with Crippen molar-refractivity contribution in [2.45, 2.75) is 33.1 Å². The van der Waals surface area contributed by atoms with Crippen LogP contribution in [0, 0.1) is 12.8 Å². The van der Waals surface area contributed by atoms with Gasteiger partial charge in [0.25, 0.3) is 5.91 Å². The van der Waals surface area contributed by atoms with E-state index in [-0.39, 0.29) is 5.91 Å². The van der Waals surface area contributed by atoms with Crippen molar-refractivity contribution in [1.29, 1.82) is 0 Å². The molecule has 1 aromatic heterocycles. The van der Waals surface area contributed by atoms with Crippen LogP contribution in [0.25, 0.3) is 0 Å². The van der Waals surface area contributed by atoms with Crippen molar-refractivity contribution in [3.8, 4) is 0 Å². The molecule has 0 spiro atoms. The molecule has 1 amide bonds. The van der Waals surface area contributed by atoms with Gasteiger partial charge in [0.05, 0.1) is 5.56 Å². The fourth-order valence-electron chi connectivity index (χ4n) is 1.81. The zero-order chi connectivity index (χ0) is 12.7. The molecule has 0 saturated carbocycles. The summed E-state index contributed by atoms with van der Waals surface area (Å²) < 4.78 is 5.12. The lowest BCUT2D eigenvalue weighted by Gasteiger charge is -2.15. The molecule has 1 rings (SSSR count). The molecule has 96 valence electrons. The second-order valence-electron chi connectivity index (χ2n) is 4.29. The molecule has 0 aliphatic heterocycles. The molecule has 0 fully saturated rings. The van der Waals surface area contributed by atoms with E-state index in [1.807, 2.05) is 6.92 Å². The monoisotopic (exact) mass is 301 g/mol. The van der Waals surface area contributed by atoms with Gasteiger partial charge in [-0.15, -0.1) is 0 Å². The third-order valence-electron chi connectivity index (χ3n) is 2.76. The molecule has 17 heavy (non-hydrogen) atoms. The van der Waals surface area contributed by atoms with Gasteiger partial charge in [0.15, 0.2) is 0 Å². The van der Waals surface area contributed by atoms with Crippen molar-refractivity contribution < 1.29 is 9.21 Å². The molecule has 1 N–H and O–H groups in total. The first-order valence-electron chi connectivity index (χ1n) is 6.06. The van der Waals surface area contributed by atoms with Crippen LogP contribution in [-0.4, -0.2) is 17.8 Å². The number of nitrogens with one attached hydrogen (secondary N) is 1. The predicted octanol–water partition coefficient (Wildman–Crippen LogP) is 3.52. The van der Waals surface area contributed by atoms with Gasteiger partial charge in [-0.1, -0.05) is 29.3 Å². The van der Waals surface area contributed by atoms with Crippen LogP contribution >= 0.6 is 15.9 Å². The predicted molar refractivity (Wildman–Crippen MR) is 72.6 cm³/mol. The Balaban J connectivity index is 2.40. The van der Waals surface area contributed by atoms with Crippen molar-refractivity contribution in [2.75, 3.05) is 11.9 Å². The number of aryl methyl sites for hydroxylation is 1. The van der Waals surface area contributed by atoms with E-state index in [1.54, 1.807) is 6.07 Å². The lowest BCUT2D eigenvalue weighted by atomic mass is 10.0. The molecule has 0 aliphatic carbocycles. The van der Waals surface area contributed by atoms with E-state index in [0.29, 0.717) is 11.5 Å². The van der Waals surface area contributed by atoms with E-state index in [2.05, 4.69) is 28.2 Å². The maximum atomic E-state index is 11.8. The number of hydrogen-bond acceptors (Lipinski definition) is 2. The van der Waals surface area contributed by atoms with E-state index < -0.39 is 0 Å². The minimum absolute atomic E-state index is 0.0440. The summed E-state index contributed by atoms with van der Waals surface area (Å²) in [4.78, 5) is 11.8. The van der Waals surface area contributed by atoms with Crippen LogP contribution in [0.1, 0.15) is 42.3 Å². The highest BCUT2D eigenvalue weighted by atomic mass is 79.9. The number of hydrogen-bond donors (Lipinski definition) is 1. The Morgan fingerprint density at radius 2 is 2.29 bits per heavy atom. The van der Waals surface area contributed by atoms with Crippen LogP contribution in [-0.2, 0) is 0 Å². The summed E-state index contributed by atoms with van der Waals surface area (Å²) in [5.74, 6) is 1.27. The number of amides is 1. The average Bonchev–Trinajstić information content (AvgIpc) is 2.73. The van der Waals surface area contributed by atoms with Crippen LogP contribution in [0.4, 0.5) is 0 Å². The molecule has 0 aromatic carbocycles. The Labute approximate surface area is 111 Å². The molecule has 1 atom stereocenters. The molecule has 3 nitrogen and oxygen atoms in total. The highest BCUT2D eigenvalue weighted by molar-refractivity contribution is 9.09. The Kier molecular flexibility index (Phi) is 6.34. The zero-order valence-corrected chi connectivity index (χ0v) is 12.0. The highest BCUT2D eigenvalue weighted by Gasteiger charge is 2.12. The fraction of sp³-hybridized carbons (Fsp3) is 0.615. The Bertz CT molecular complexity index is 343. The molecule has 1 unspecified atom stereocenters. The number of furan rings is 1. The van der Waals surface area contributed by atoms with Gasteiger partial charge in [-0.05, 0) is 31.7 Å². The molecule has 0 saturated heterocycles. The van der Waals surface area contributed by atoms with Crippen molar-refractivity contribution in [3.63, 3.8) is 0 Å². The zero-order valence-electron chi connectivity index (χ0n) is 10.5. The average molecular weight is 302 g/mol. The van der Waals surface area contributed by atoms with Gasteiger partial charge in [-0.2, -0.15) is 0 Å². The topological polar surface area (TPSA) is 42.2 Å². The lowest BCUT2D eigenvalue weighted by Crippen LogP contribution is -2.29. The van der Waals surface area contributed by atoms with E-state index in [0.717, 1.165) is 36.9 Å². The van der Waals surface area contributed by atoms with Crippen LogP contribution in [0.3, 0.4) is 0 Å². The molecule has 4 heteroatoms. The Morgan fingerprint density at radius 1 is 1.53 bits per heavy atom. The first-order valence-corrected chi connectivity index (χ1v) is 7.18. The molecular weight excluding hydrogens is 282 g/mol. The maximum Gasteiger partial charge on any atom is 0.254 e. The van der Waals surface area contributed by atoms with Crippen LogP contribution < -0.4 is 5.32 Å². The third kappa shape index (κ3) is 4.94. The maximum absolute atomic E-state index is 11.8. The summed E-state index contributed by atoms with van der Waals surface area (Å²) >= 11 is 3.45. The molecular formula is C13H20BrNO2. The first kappa shape index (κ1) is 14.3. The summed E-state index contributed by atoms with van der Waals surface area (Å²) in [7, 11) is 0. The van der Waals surface area contributed by atoms with Crippen molar-refractivity contribution >= 4 is 21.8 Å². The second-order valence-corrected chi connectivity index (χ2v) is 5.08. The molecule has 1 aromatic rings. The van der Waals surface area contributed by atoms with E-state index in [9.17, 15) is 4.79 Å². The van der Waals surface area contributed by atoms with E-state index in [4.69, 9.17) is 4.42 Å². The summed E-state index contributed by atoms with van der Waals surface area (Å²) in [6.07, 6.45) is 4.90. The summed E-state index contributed by atoms with van der Waals surface area (Å²) in [6.45, 7) is 4.74. The minimum Gasteiger partial charge on any atom is -0.469 e. The van der Waals surface area contributed by atoms with Gasteiger partial charge in [-0.3, -0.25) is 4.79 Å². The smallest absolute Gasteiger partial charge is 0.254 e. The number of rotatable bonds is 7. The number of halogens is 1. The largest absolute Gasteiger partial charge is 0.469 e. The number of carbonyl (C=O) groups is 1. The van der Waals surface area contributed by atoms with Crippen molar-refractivity contribution in [1.82, 2.24) is 5.32 Å². The van der Waals surface area contributed by atoms with Gasteiger partial charge >= 0.3 is 0 Å². The Morgan fingerprint density at radius 3 is 2.82 bits per heavy atom. The summed E-state index contributed by atoms with van der Waals surface area (Å²) in [5.41, 5.74) is 0.608. The van der Waals surface area contributed by atoms with Crippen molar-refractivity contribution in [3.05, 3.63) is 23.7 Å². The minimum atomic E-state index is -0.0440. The fourth-order valence-corrected chi connectivity index (χ4v) is 2.46. The summed E-state index contributed by atoms with van der Waals surface area (Å²) in [6, 6.07) is 1.76. The second kappa shape index (κ2) is 7.54. The third-order valence-corrected chi connectivity index (χ3v) is 3.22. The molecule has 0 aliphatic rings. The normalized spacial score (nSPS) is 12.4. The molecule has 0 radical (unpaired) electrons. The van der Waals surface area contributed by atoms with Gasteiger partial charge in [0.1, 0.15) is 12.0 Å². The quantitative estimate of drug-likeness (QED) is 0.783. The van der Waals surface area contributed by atoms with Crippen molar-refractivity contribution in [2.24, 2.45) is 5.92 Å². The number of carbonyl (C=O) groups excluding carboxylic acids is 1. The lowest BCUT2D eigenvalue weighted by molar-refractivity contribution is 0.0945. The van der Waals surface area contributed by atoms with E-state index in [1.165, 1.54) is 6.26 Å². The van der Waals surface area contributed by atoms with Crippen LogP contribution in [0.5, 0.6) is 0 Å². The summed E-state index contributed by atoms with van der Waals surface area (Å²) in [5, 5.41) is 3.95.